The monoisotopic (exact) mass is 238 g/mol. The average Bonchev–Trinajstić information content (AvgIpc) is 2.29. The third-order valence-corrected chi connectivity index (χ3v) is 3.90. The second kappa shape index (κ2) is 5.61. The van der Waals surface area contributed by atoms with E-state index in [9.17, 15) is 8.78 Å². The molecule has 1 aliphatic carbocycles. The number of hydrogen-bond acceptors (Lipinski definition) is 0. The summed E-state index contributed by atoms with van der Waals surface area (Å²) in [4.78, 5) is 0. The highest BCUT2D eigenvalue weighted by Gasteiger charge is 2.22. The normalized spacial score (nSPS) is 24.9. The fourth-order valence-electron chi connectivity index (χ4n) is 3.00. The lowest BCUT2D eigenvalue weighted by Gasteiger charge is -2.28. The topological polar surface area (TPSA) is 0 Å². The molecule has 1 aromatic rings. The van der Waals surface area contributed by atoms with E-state index in [1.165, 1.54) is 37.8 Å². The molecule has 0 heterocycles. The highest BCUT2D eigenvalue weighted by molar-refractivity contribution is 5.22. The molecule has 0 amide bonds. The van der Waals surface area contributed by atoms with Gasteiger partial charge in [-0.05, 0) is 55.2 Å². The van der Waals surface area contributed by atoms with Gasteiger partial charge in [0.1, 0.15) is 11.6 Å². The van der Waals surface area contributed by atoms with Crippen LogP contribution in [0.1, 0.15) is 56.9 Å². The van der Waals surface area contributed by atoms with E-state index in [4.69, 9.17) is 0 Å². The molecule has 2 heteroatoms. The van der Waals surface area contributed by atoms with Gasteiger partial charge in [0.15, 0.2) is 0 Å². The van der Waals surface area contributed by atoms with Crippen molar-refractivity contribution in [3.05, 3.63) is 35.4 Å². The van der Waals surface area contributed by atoms with Gasteiger partial charge >= 0.3 is 0 Å². The molecule has 0 aromatic heterocycles. The van der Waals surface area contributed by atoms with Gasteiger partial charge in [-0.3, -0.25) is 0 Å². The summed E-state index contributed by atoms with van der Waals surface area (Å²) >= 11 is 0. The zero-order valence-electron chi connectivity index (χ0n) is 10.4. The summed E-state index contributed by atoms with van der Waals surface area (Å²) in [6.07, 6.45) is 7.10. The lowest BCUT2D eigenvalue weighted by atomic mass is 9.77. The molecule has 0 unspecified atom stereocenters. The Morgan fingerprint density at radius 3 is 2.12 bits per heavy atom. The van der Waals surface area contributed by atoms with E-state index in [0.29, 0.717) is 5.92 Å². The molecule has 2 rings (SSSR count). The molecule has 1 aliphatic rings. The quantitative estimate of drug-likeness (QED) is 0.692. The van der Waals surface area contributed by atoms with Gasteiger partial charge in [-0.25, -0.2) is 8.78 Å². The van der Waals surface area contributed by atoms with Crippen LogP contribution in [0.2, 0.25) is 0 Å². The summed E-state index contributed by atoms with van der Waals surface area (Å²) in [6, 6.07) is 3.94. The lowest BCUT2D eigenvalue weighted by Crippen LogP contribution is -2.13. The fraction of sp³-hybridized carbons (Fsp3) is 0.600. The molecule has 0 atom stereocenters. The lowest BCUT2D eigenvalue weighted by molar-refractivity contribution is 0.307. The van der Waals surface area contributed by atoms with Crippen LogP contribution >= 0.6 is 0 Å². The molecule has 0 spiro atoms. The van der Waals surface area contributed by atoms with Gasteiger partial charge in [0.2, 0.25) is 0 Å². The minimum atomic E-state index is -0.448. The minimum absolute atomic E-state index is 0.355. The van der Waals surface area contributed by atoms with Gasteiger partial charge in [0.05, 0.1) is 0 Å². The Bertz CT molecular complexity index is 345. The first-order valence-corrected chi connectivity index (χ1v) is 6.65. The summed E-state index contributed by atoms with van der Waals surface area (Å²) in [5, 5.41) is 0. The van der Waals surface area contributed by atoms with E-state index in [2.05, 4.69) is 6.92 Å². The highest BCUT2D eigenvalue weighted by Crippen LogP contribution is 2.37. The van der Waals surface area contributed by atoms with Crippen molar-refractivity contribution < 1.29 is 8.78 Å². The van der Waals surface area contributed by atoms with Crippen molar-refractivity contribution in [3.8, 4) is 0 Å². The Morgan fingerprint density at radius 1 is 1.00 bits per heavy atom. The van der Waals surface area contributed by atoms with Crippen LogP contribution in [0.15, 0.2) is 18.2 Å². The number of rotatable bonds is 3. The Morgan fingerprint density at radius 2 is 1.59 bits per heavy atom. The standard InChI is InChI=1S/C15H20F2/c1-2-3-11-4-6-12(7-5-11)13-8-14(16)10-15(17)9-13/h8-12H,2-7H2,1H3. The van der Waals surface area contributed by atoms with Crippen molar-refractivity contribution >= 4 is 0 Å². The summed E-state index contributed by atoms with van der Waals surface area (Å²) < 4.78 is 26.3. The Balaban J connectivity index is 2.00. The largest absolute Gasteiger partial charge is 0.207 e. The second-order valence-electron chi connectivity index (χ2n) is 5.21. The van der Waals surface area contributed by atoms with E-state index in [1.807, 2.05) is 0 Å². The molecule has 1 saturated carbocycles. The van der Waals surface area contributed by atoms with Crippen LogP contribution in [0.25, 0.3) is 0 Å². The van der Waals surface area contributed by atoms with Crippen molar-refractivity contribution in [2.24, 2.45) is 5.92 Å². The Hall–Kier alpha value is -0.920. The van der Waals surface area contributed by atoms with Crippen LogP contribution in [-0.4, -0.2) is 0 Å². The predicted molar refractivity (Wildman–Crippen MR) is 66.0 cm³/mol. The van der Waals surface area contributed by atoms with Crippen LogP contribution in [-0.2, 0) is 0 Å². The molecule has 1 fully saturated rings. The predicted octanol–water partition coefficient (Wildman–Crippen LogP) is 5.04. The molecule has 0 saturated heterocycles. The van der Waals surface area contributed by atoms with E-state index in [0.717, 1.165) is 30.4 Å². The molecule has 94 valence electrons. The number of hydrogen-bond donors (Lipinski definition) is 0. The number of halogens is 2. The van der Waals surface area contributed by atoms with Crippen molar-refractivity contribution in [2.45, 2.75) is 51.4 Å². The van der Waals surface area contributed by atoms with E-state index in [1.54, 1.807) is 0 Å². The summed E-state index contributed by atoms with van der Waals surface area (Å²) in [6.45, 7) is 2.22. The molecular weight excluding hydrogens is 218 g/mol. The summed E-state index contributed by atoms with van der Waals surface area (Å²) in [5.74, 6) is 0.286. The van der Waals surface area contributed by atoms with Gasteiger partial charge in [-0.15, -0.1) is 0 Å². The van der Waals surface area contributed by atoms with E-state index >= 15 is 0 Å². The molecule has 0 aliphatic heterocycles. The Kier molecular flexibility index (Phi) is 4.14. The molecule has 0 N–H and O–H groups in total. The van der Waals surface area contributed by atoms with Crippen LogP contribution in [0.3, 0.4) is 0 Å². The molecule has 17 heavy (non-hydrogen) atoms. The van der Waals surface area contributed by atoms with Gasteiger partial charge in [0.25, 0.3) is 0 Å². The maximum atomic E-state index is 13.1. The Labute approximate surface area is 102 Å². The third-order valence-electron chi connectivity index (χ3n) is 3.90. The molecule has 1 aromatic carbocycles. The first-order valence-electron chi connectivity index (χ1n) is 6.65. The maximum absolute atomic E-state index is 13.1. The van der Waals surface area contributed by atoms with Crippen molar-refractivity contribution in [3.63, 3.8) is 0 Å². The zero-order chi connectivity index (χ0) is 12.3. The molecular formula is C15H20F2. The summed E-state index contributed by atoms with van der Waals surface area (Å²) in [5.41, 5.74) is 0.845. The summed E-state index contributed by atoms with van der Waals surface area (Å²) in [7, 11) is 0. The second-order valence-corrected chi connectivity index (χ2v) is 5.21. The van der Waals surface area contributed by atoms with E-state index in [-0.39, 0.29) is 0 Å². The third kappa shape index (κ3) is 3.27. The molecule has 0 nitrogen and oxygen atoms in total. The smallest absolute Gasteiger partial charge is 0.126 e. The SMILES string of the molecule is CCCC1CCC(c2cc(F)cc(F)c2)CC1. The van der Waals surface area contributed by atoms with E-state index < -0.39 is 11.6 Å². The van der Waals surface area contributed by atoms with Crippen LogP contribution < -0.4 is 0 Å². The van der Waals surface area contributed by atoms with Crippen LogP contribution in [0, 0.1) is 17.6 Å². The maximum Gasteiger partial charge on any atom is 0.126 e. The number of benzene rings is 1. The minimum Gasteiger partial charge on any atom is -0.207 e. The van der Waals surface area contributed by atoms with Crippen LogP contribution in [0.5, 0.6) is 0 Å². The van der Waals surface area contributed by atoms with Gasteiger partial charge in [0, 0.05) is 6.07 Å². The van der Waals surface area contributed by atoms with Gasteiger partial charge < -0.3 is 0 Å². The van der Waals surface area contributed by atoms with Gasteiger partial charge in [-0.2, -0.15) is 0 Å². The van der Waals surface area contributed by atoms with Crippen molar-refractivity contribution in [1.29, 1.82) is 0 Å². The zero-order valence-corrected chi connectivity index (χ0v) is 10.4. The first kappa shape index (κ1) is 12.5. The highest BCUT2D eigenvalue weighted by atomic mass is 19.1. The molecule has 0 radical (unpaired) electrons. The van der Waals surface area contributed by atoms with Crippen molar-refractivity contribution in [2.75, 3.05) is 0 Å². The molecule has 0 bridgehead atoms. The van der Waals surface area contributed by atoms with Crippen LogP contribution in [0.4, 0.5) is 8.78 Å². The fourth-order valence-corrected chi connectivity index (χ4v) is 3.00. The average molecular weight is 238 g/mol. The van der Waals surface area contributed by atoms with Gasteiger partial charge in [-0.1, -0.05) is 19.8 Å². The first-order chi connectivity index (χ1) is 8.19. The van der Waals surface area contributed by atoms with Crippen molar-refractivity contribution in [1.82, 2.24) is 0 Å².